The molecule has 4 aromatic rings. The number of hydrogen-bond donors (Lipinski definition) is 0. The molecule has 4 aromatic heterocycles. The maximum atomic E-state index is 4.69. The first kappa shape index (κ1) is 14.3. The minimum absolute atomic E-state index is 0.0772. The molecule has 0 spiro atoms. The van der Waals surface area contributed by atoms with Crippen LogP contribution in [-0.2, 0) is 7.05 Å². The van der Waals surface area contributed by atoms with Gasteiger partial charge in [-0.05, 0) is 36.7 Å². The van der Waals surface area contributed by atoms with Crippen molar-refractivity contribution >= 4 is 32.6 Å². The lowest BCUT2D eigenvalue weighted by molar-refractivity contribution is 0.520. The van der Waals surface area contributed by atoms with Crippen LogP contribution in [0.15, 0.2) is 17.0 Å². The topological polar surface area (TPSA) is 78.7 Å². The van der Waals surface area contributed by atoms with E-state index < -0.39 is 0 Å². The predicted molar refractivity (Wildman–Crippen MR) is 88.3 cm³/mol. The van der Waals surface area contributed by atoms with Crippen LogP contribution in [0.1, 0.15) is 30.2 Å². The van der Waals surface area contributed by atoms with E-state index in [1.54, 1.807) is 21.7 Å². The molecule has 0 bridgehead atoms. The van der Waals surface area contributed by atoms with E-state index in [1.807, 2.05) is 32.5 Å². The van der Waals surface area contributed by atoms with E-state index in [4.69, 9.17) is 4.98 Å². The number of aryl methyl sites for hydroxylation is 2. The van der Waals surface area contributed by atoms with Crippen LogP contribution < -0.4 is 0 Å². The van der Waals surface area contributed by atoms with Gasteiger partial charge in [-0.25, -0.2) is 14.5 Å². The van der Waals surface area contributed by atoms with E-state index in [0.717, 1.165) is 32.5 Å². The molecule has 0 unspecified atom stereocenters. The van der Waals surface area contributed by atoms with Crippen molar-refractivity contribution < 1.29 is 0 Å². The lowest BCUT2D eigenvalue weighted by Crippen LogP contribution is -2.12. The molecule has 9 heteroatoms. The predicted octanol–water partition coefficient (Wildman–Crippen LogP) is 2.20. The molecule has 0 fully saturated rings. The third-order valence-corrected chi connectivity index (χ3v) is 5.21. The summed E-state index contributed by atoms with van der Waals surface area (Å²) >= 11 is 3.56. The van der Waals surface area contributed by atoms with Crippen molar-refractivity contribution in [1.82, 2.24) is 39.1 Å². The second-order valence-electron chi connectivity index (χ2n) is 5.59. The Labute approximate surface area is 140 Å². The van der Waals surface area contributed by atoms with Gasteiger partial charge in [-0.1, -0.05) is 0 Å². The number of nitrogens with zero attached hydrogens (tertiary/aromatic N) is 8. The van der Waals surface area contributed by atoms with E-state index in [2.05, 4.69) is 36.2 Å². The van der Waals surface area contributed by atoms with Crippen molar-refractivity contribution in [2.75, 3.05) is 0 Å². The van der Waals surface area contributed by atoms with Gasteiger partial charge in [0.25, 0.3) is 0 Å². The normalized spacial score (nSPS) is 13.3. The van der Waals surface area contributed by atoms with E-state index in [0.29, 0.717) is 5.82 Å². The van der Waals surface area contributed by atoms with E-state index in [1.165, 1.54) is 0 Å². The summed E-state index contributed by atoms with van der Waals surface area (Å²) in [6.07, 6.45) is 3.43. The molecular formula is C14H15BrN8. The highest BCUT2D eigenvalue weighted by atomic mass is 79.9. The summed E-state index contributed by atoms with van der Waals surface area (Å²) in [5.74, 6) is 0.696. The van der Waals surface area contributed by atoms with Gasteiger partial charge in [0.1, 0.15) is 12.4 Å². The van der Waals surface area contributed by atoms with Crippen LogP contribution >= 0.6 is 15.9 Å². The van der Waals surface area contributed by atoms with E-state index >= 15 is 0 Å². The molecule has 0 saturated carbocycles. The van der Waals surface area contributed by atoms with Crippen LogP contribution in [0.5, 0.6) is 0 Å². The molecule has 0 aliphatic rings. The molecule has 4 heterocycles. The van der Waals surface area contributed by atoms with Crippen molar-refractivity contribution in [3.63, 3.8) is 0 Å². The highest BCUT2D eigenvalue weighted by molar-refractivity contribution is 9.10. The van der Waals surface area contributed by atoms with E-state index in [9.17, 15) is 0 Å². The summed E-state index contributed by atoms with van der Waals surface area (Å²) in [5.41, 5.74) is 3.55. The van der Waals surface area contributed by atoms with Crippen molar-refractivity contribution in [3.05, 3.63) is 34.2 Å². The third kappa shape index (κ3) is 1.99. The van der Waals surface area contributed by atoms with Gasteiger partial charge in [-0.15, -0.1) is 5.10 Å². The SMILES string of the molecule is Cc1nn([C@@H](C)c2nc3c4cnn(C)c4ncn3n2)c(C)c1Br. The Morgan fingerprint density at radius 1 is 1.17 bits per heavy atom. The molecule has 0 aliphatic heterocycles. The van der Waals surface area contributed by atoms with Crippen molar-refractivity contribution in [2.24, 2.45) is 7.05 Å². The zero-order valence-corrected chi connectivity index (χ0v) is 14.8. The zero-order valence-electron chi connectivity index (χ0n) is 13.2. The fourth-order valence-electron chi connectivity index (χ4n) is 2.76. The summed E-state index contributed by atoms with van der Waals surface area (Å²) in [7, 11) is 1.86. The monoisotopic (exact) mass is 374 g/mol. The van der Waals surface area contributed by atoms with Crippen molar-refractivity contribution in [1.29, 1.82) is 0 Å². The maximum absolute atomic E-state index is 4.69. The average Bonchev–Trinajstić information content (AvgIpc) is 3.19. The lowest BCUT2D eigenvalue weighted by atomic mass is 10.3. The lowest BCUT2D eigenvalue weighted by Gasteiger charge is -2.10. The Balaban J connectivity index is 1.88. The van der Waals surface area contributed by atoms with Crippen LogP contribution in [0.4, 0.5) is 0 Å². The number of aromatic nitrogens is 8. The Hall–Kier alpha value is -2.29. The molecule has 0 amide bonds. The smallest absolute Gasteiger partial charge is 0.176 e. The Morgan fingerprint density at radius 2 is 1.96 bits per heavy atom. The second kappa shape index (κ2) is 4.85. The van der Waals surface area contributed by atoms with Gasteiger partial charge in [0.2, 0.25) is 0 Å². The fraction of sp³-hybridized carbons (Fsp3) is 0.357. The Bertz CT molecular complexity index is 1040. The Morgan fingerprint density at radius 3 is 2.65 bits per heavy atom. The van der Waals surface area contributed by atoms with E-state index in [-0.39, 0.29) is 6.04 Å². The van der Waals surface area contributed by atoms with Gasteiger partial charge in [0.05, 0.1) is 27.4 Å². The fourth-order valence-corrected chi connectivity index (χ4v) is 3.02. The van der Waals surface area contributed by atoms with Gasteiger partial charge >= 0.3 is 0 Å². The van der Waals surface area contributed by atoms with Crippen LogP contribution in [0.3, 0.4) is 0 Å². The van der Waals surface area contributed by atoms with Crippen LogP contribution in [0.2, 0.25) is 0 Å². The standard InChI is InChI=1S/C14H15BrN8/c1-7-11(15)8(2)23(19-7)9(3)12-18-14-10-5-17-21(4)13(10)16-6-22(14)20-12/h5-6,9H,1-4H3/t9-/m0/s1. The minimum Gasteiger partial charge on any atom is -0.258 e. The molecule has 0 aromatic carbocycles. The zero-order chi connectivity index (χ0) is 16.3. The largest absolute Gasteiger partial charge is 0.258 e. The number of hydrogen-bond acceptors (Lipinski definition) is 5. The van der Waals surface area contributed by atoms with Crippen LogP contribution in [-0.4, -0.2) is 39.1 Å². The van der Waals surface area contributed by atoms with Gasteiger partial charge in [-0.2, -0.15) is 10.2 Å². The molecule has 23 heavy (non-hydrogen) atoms. The molecule has 0 aliphatic carbocycles. The molecule has 0 saturated heterocycles. The summed E-state index contributed by atoms with van der Waals surface area (Å²) in [4.78, 5) is 9.07. The molecule has 118 valence electrons. The summed E-state index contributed by atoms with van der Waals surface area (Å²) in [6.45, 7) is 6.03. The van der Waals surface area contributed by atoms with Gasteiger partial charge in [-0.3, -0.25) is 9.36 Å². The Kier molecular flexibility index (Phi) is 3.02. The first-order valence-corrected chi connectivity index (χ1v) is 8.01. The van der Waals surface area contributed by atoms with Crippen LogP contribution in [0.25, 0.3) is 16.7 Å². The molecule has 8 nitrogen and oxygen atoms in total. The highest BCUT2D eigenvalue weighted by Gasteiger charge is 2.20. The number of rotatable bonds is 2. The third-order valence-electron chi connectivity index (χ3n) is 4.06. The van der Waals surface area contributed by atoms with Gasteiger partial charge < -0.3 is 0 Å². The quantitative estimate of drug-likeness (QED) is 0.537. The molecule has 1 atom stereocenters. The van der Waals surface area contributed by atoms with Crippen molar-refractivity contribution in [3.8, 4) is 0 Å². The molecule has 0 radical (unpaired) electrons. The average molecular weight is 375 g/mol. The second-order valence-corrected chi connectivity index (χ2v) is 6.39. The first-order chi connectivity index (χ1) is 11.0. The summed E-state index contributed by atoms with van der Waals surface area (Å²) < 4.78 is 6.37. The number of fused-ring (bicyclic) bond motifs is 3. The van der Waals surface area contributed by atoms with Crippen LogP contribution in [0, 0.1) is 13.8 Å². The molecule has 4 rings (SSSR count). The highest BCUT2D eigenvalue weighted by Crippen LogP contribution is 2.25. The molecular weight excluding hydrogens is 360 g/mol. The summed E-state index contributed by atoms with van der Waals surface area (Å²) in [5, 5.41) is 14.3. The molecule has 0 N–H and O–H groups in total. The maximum Gasteiger partial charge on any atom is 0.176 e. The number of halogens is 1. The van der Waals surface area contributed by atoms with Crippen molar-refractivity contribution in [2.45, 2.75) is 26.8 Å². The van der Waals surface area contributed by atoms with Gasteiger partial charge in [0, 0.05) is 7.05 Å². The van der Waals surface area contributed by atoms with Gasteiger partial charge in [0.15, 0.2) is 17.1 Å². The first-order valence-electron chi connectivity index (χ1n) is 7.21. The minimum atomic E-state index is -0.0772. The summed E-state index contributed by atoms with van der Waals surface area (Å²) in [6, 6.07) is -0.0772.